The monoisotopic (exact) mass is 283 g/mol. The number of nitrogens with one attached hydrogen (secondary N) is 2. The van der Waals surface area contributed by atoms with E-state index in [4.69, 9.17) is 0 Å². The number of aromatic amines is 1. The maximum Gasteiger partial charge on any atom is 0.256 e. The lowest BCUT2D eigenvalue weighted by Crippen LogP contribution is -2.13. The summed E-state index contributed by atoms with van der Waals surface area (Å²) in [4.78, 5) is 12.3. The van der Waals surface area contributed by atoms with Gasteiger partial charge < -0.3 is 5.32 Å². The Morgan fingerprint density at radius 1 is 1.19 bits per heavy atom. The van der Waals surface area contributed by atoms with Crippen LogP contribution in [0.4, 0.5) is 5.82 Å². The molecule has 0 atom stereocenters. The second kappa shape index (κ2) is 5.02. The molecule has 4 nitrogen and oxygen atoms in total. The van der Waals surface area contributed by atoms with E-state index in [1.165, 1.54) is 17.5 Å². The van der Waals surface area contributed by atoms with Crippen molar-refractivity contribution in [1.29, 1.82) is 0 Å². The number of aromatic nitrogens is 2. The van der Waals surface area contributed by atoms with Crippen molar-refractivity contribution in [3.8, 4) is 0 Å². The predicted molar refractivity (Wildman–Crippen MR) is 83.7 cm³/mol. The molecule has 0 saturated carbocycles. The number of H-pyrrole nitrogens is 1. The van der Waals surface area contributed by atoms with Gasteiger partial charge in [-0.3, -0.25) is 9.89 Å². The topological polar surface area (TPSA) is 57.8 Å². The first-order chi connectivity index (χ1) is 9.93. The van der Waals surface area contributed by atoms with Crippen molar-refractivity contribution in [3.63, 3.8) is 0 Å². The lowest BCUT2D eigenvalue weighted by Gasteiger charge is -2.14. The van der Waals surface area contributed by atoms with E-state index < -0.39 is 0 Å². The van der Waals surface area contributed by atoms with Crippen LogP contribution in [0.5, 0.6) is 0 Å². The molecule has 1 heterocycles. The number of rotatable bonds is 2. The van der Waals surface area contributed by atoms with Crippen molar-refractivity contribution in [2.45, 2.75) is 45.4 Å². The fourth-order valence-electron chi connectivity index (χ4n) is 2.67. The van der Waals surface area contributed by atoms with E-state index in [0.29, 0.717) is 11.4 Å². The quantitative estimate of drug-likeness (QED) is 0.887. The number of hydrogen-bond donors (Lipinski definition) is 2. The summed E-state index contributed by atoms with van der Waals surface area (Å²) in [5.74, 6) is 0.474. The van der Waals surface area contributed by atoms with Crippen LogP contribution in [-0.4, -0.2) is 16.1 Å². The Morgan fingerprint density at radius 2 is 1.95 bits per heavy atom. The Kier molecular flexibility index (Phi) is 3.32. The maximum atomic E-state index is 12.3. The molecule has 1 aliphatic carbocycles. The van der Waals surface area contributed by atoms with Crippen LogP contribution in [0, 0.1) is 0 Å². The molecule has 0 unspecified atom stereocenters. The number of nitrogens with zero attached hydrogens (tertiary/aromatic N) is 1. The predicted octanol–water partition coefficient (Wildman–Crippen LogP) is 3.45. The summed E-state index contributed by atoms with van der Waals surface area (Å²) in [6.45, 7) is 6.31. The standard InChI is InChI=1S/C17H21N3O/c1-17(2,3)14-10-15(20-19-14)18-16(21)13-8-7-11-5-4-6-12(11)9-13/h7-10H,4-6H2,1-3H3,(H2,18,19,20,21). The second-order valence-electron chi connectivity index (χ2n) is 6.71. The number of fused-ring (bicyclic) bond motifs is 1. The van der Waals surface area contributed by atoms with Crippen molar-refractivity contribution in [1.82, 2.24) is 10.2 Å². The first kappa shape index (κ1) is 13.9. The van der Waals surface area contributed by atoms with Crippen LogP contribution >= 0.6 is 0 Å². The molecule has 4 heteroatoms. The Bertz CT molecular complexity index is 680. The van der Waals surface area contributed by atoms with Gasteiger partial charge in [-0.25, -0.2) is 0 Å². The molecular formula is C17H21N3O. The van der Waals surface area contributed by atoms with Crippen LogP contribution in [0.15, 0.2) is 24.3 Å². The molecule has 0 fully saturated rings. The molecule has 2 aromatic rings. The average molecular weight is 283 g/mol. The highest BCUT2D eigenvalue weighted by Crippen LogP contribution is 2.24. The third-order valence-electron chi connectivity index (χ3n) is 3.99. The van der Waals surface area contributed by atoms with E-state index in [0.717, 1.165) is 18.5 Å². The molecule has 0 bridgehead atoms. The van der Waals surface area contributed by atoms with Gasteiger partial charge in [0.1, 0.15) is 0 Å². The highest BCUT2D eigenvalue weighted by Gasteiger charge is 2.18. The number of carbonyl (C=O) groups is 1. The van der Waals surface area contributed by atoms with E-state index in [2.05, 4.69) is 42.4 Å². The summed E-state index contributed by atoms with van der Waals surface area (Å²) in [7, 11) is 0. The fourth-order valence-corrected chi connectivity index (χ4v) is 2.67. The van der Waals surface area contributed by atoms with Gasteiger partial charge in [0.25, 0.3) is 5.91 Å². The third-order valence-corrected chi connectivity index (χ3v) is 3.99. The SMILES string of the molecule is CC(C)(C)c1cc(NC(=O)c2ccc3c(c2)CCC3)n[nH]1. The number of carbonyl (C=O) groups excluding carboxylic acids is 1. The molecule has 0 saturated heterocycles. The lowest BCUT2D eigenvalue weighted by atomic mass is 9.92. The van der Waals surface area contributed by atoms with Gasteiger partial charge in [0.05, 0.1) is 0 Å². The Labute approximate surface area is 125 Å². The van der Waals surface area contributed by atoms with Gasteiger partial charge in [-0.2, -0.15) is 5.10 Å². The minimum atomic E-state index is -0.100. The van der Waals surface area contributed by atoms with E-state index in [1.54, 1.807) is 0 Å². The molecule has 0 spiro atoms. The van der Waals surface area contributed by atoms with Crippen molar-refractivity contribution < 1.29 is 4.79 Å². The molecule has 1 amide bonds. The molecular weight excluding hydrogens is 262 g/mol. The second-order valence-corrected chi connectivity index (χ2v) is 6.71. The van der Waals surface area contributed by atoms with Gasteiger partial charge in [-0.1, -0.05) is 26.8 Å². The number of hydrogen-bond acceptors (Lipinski definition) is 2. The van der Waals surface area contributed by atoms with Gasteiger partial charge >= 0.3 is 0 Å². The smallest absolute Gasteiger partial charge is 0.256 e. The zero-order valence-electron chi connectivity index (χ0n) is 12.8. The van der Waals surface area contributed by atoms with Gasteiger partial charge in [0, 0.05) is 22.7 Å². The highest BCUT2D eigenvalue weighted by molar-refractivity contribution is 6.04. The van der Waals surface area contributed by atoms with Crippen LogP contribution in [0.3, 0.4) is 0 Å². The van der Waals surface area contributed by atoms with Crippen molar-refractivity contribution in [3.05, 3.63) is 46.6 Å². The minimum Gasteiger partial charge on any atom is -0.305 e. The maximum absolute atomic E-state index is 12.3. The van der Waals surface area contributed by atoms with Crippen LogP contribution in [-0.2, 0) is 18.3 Å². The summed E-state index contributed by atoms with van der Waals surface area (Å²) < 4.78 is 0. The highest BCUT2D eigenvalue weighted by atomic mass is 16.1. The molecule has 0 radical (unpaired) electrons. The van der Waals surface area contributed by atoms with Crippen molar-refractivity contribution in [2.24, 2.45) is 0 Å². The molecule has 1 aromatic carbocycles. The van der Waals surface area contributed by atoms with Crippen LogP contribution < -0.4 is 5.32 Å². The largest absolute Gasteiger partial charge is 0.305 e. The molecule has 21 heavy (non-hydrogen) atoms. The minimum absolute atomic E-state index is 0.0104. The van der Waals surface area contributed by atoms with Crippen molar-refractivity contribution >= 4 is 11.7 Å². The number of amides is 1. The molecule has 3 rings (SSSR count). The Balaban J connectivity index is 1.76. The third kappa shape index (κ3) is 2.84. The van der Waals surface area contributed by atoms with Gasteiger partial charge in [-0.05, 0) is 42.5 Å². The van der Waals surface area contributed by atoms with Crippen molar-refractivity contribution in [2.75, 3.05) is 5.32 Å². The first-order valence-electron chi connectivity index (χ1n) is 7.42. The zero-order valence-corrected chi connectivity index (χ0v) is 12.8. The lowest BCUT2D eigenvalue weighted by molar-refractivity contribution is 0.102. The molecule has 1 aromatic heterocycles. The molecule has 2 N–H and O–H groups in total. The average Bonchev–Trinajstić information content (AvgIpc) is 3.04. The van der Waals surface area contributed by atoms with E-state index in [-0.39, 0.29) is 11.3 Å². The van der Waals surface area contributed by atoms with E-state index in [1.807, 2.05) is 18.2 Å². The fraction of sp³-hybridized carbons (Fsp3) is 0.412. The first-order valence-corrected chi connectivity index (χ1v) is 7.42. The summed E-state index contributed by atoms with van der Waals surface area (Å²) >= 11 is 0. The molecule has 1 aliphatic rings. The Hall–Kier alpha value is -2.10. The van der Waals surface area contributed by atoms with Gasteiger partial charge in [-0.15, -0.1) is 0 Å². The number of aryl methyl sites for hydroxylation is 2. The summed E-state index contributed by atoms with van der Waals surface area (Å²) in [5, 5.41) is 10.0. The van der Waals surface area contributed by atoms with Crippen LogP contribution in [0.1, 0.15) is 54.4 Å². The Morgan fingerprint density at radius 3 is 2.67 bits per heavy atom. The summed E-state index contributed by atoms with van der Waals surface area (Å²) in [6.07, 6.45) is 3.40. The van der Waals surface area contributed by atoms with E-state index in [9.17, 15) is 4.79 Å². The van der Waals surface area contributed by atoms with Gasteiger partial charge in [0.2, 0.25) is 0 Å². The molecule has 0 aliphatic heterocycles. The van der Waals surface area contributed by atoms with Crippen LogP contribution in [0.25, 0.3) is 0 Å². The van der Waals surface area contributed by atoms with Gasteiger partial charge in [0.15, 0.2) is 5.82 Å². The van der Waals surface area contributed by atoms with E-state index >= 15 is 0 Å². The zero-order chi connectivity index (χ0) is 15.0. The number of benzene rings is 1. The molecule has 110 valence electrons. The van der Waals surface area contributed by atoms with Crippen LogP contribution in [0.2, 0.25) is 0 Å². The summed E-state index contributed by atoms with van der Waals surface area (Å²) in [5.41, 5.74) is 4.38. The summed E-state index contributed by atoms with van der Waals surface area (Å²) in [6, 6.07) is 7.87. The number of anilines is 1. The normalized spacial score (nSPS) is 14.0.